The van der Waals surface area contributed by atoms with E-state index in [2.05, 4.69) is 31.2 Å². The second-order valence-corrected chi connectivity index (χ2v) is 5.31. The fourth-order valence-electron chi connectivity index (χ4n) is 1.32. The lowest BCUT2D eigenvalue weighted by atomic mass is 10.1. The molecule has 0 aliphatic carbocycles. The fraction of sp³-hybridized carbons (Fsp3) is 0.500. The fourth-order valence-corrected chi connectivity index (χ4v) is 2.30. The van der Waals surface area contributed by atoms with Crippen molar-refractivity contribution >= 4 is 11.8 Å². The summed E-state index contributed by atoms with van der Waals surface area (Å²) in [5.41, 5.74) is 6.93. The normalized spacial score (nSPS) is 14.9. The van der Waals surface area contributed by atoms with E-state index in [4.69, 9.17) is 10.8 Å². The second kappa shape index (κ2) is 6.16. The predicted octanol–water partition coefficient (Wildman–Crippen LogP) is 2.57. The van der Waals surface area contributed by atoms with Gasteiger partial charge < -0.3 is 10.8 Å². The lowest BCUT2D eigenvalue weighted by Gasteiger charge is -2.10. The summed E-state index contributed by atoms with van der Waals surface area (Å²) in [6.45, 7) is 4.36. The summed E-state index contributed by atoms with van der Waals surface area (Å²) < 4.78 is 0. The summed E-state index contributed by atoms with van der Waals surface area (Å²) in [7, 11) is 0. The Morgan fingerprint density at radius 1 is 1.27 bits per heavy atom. The number of hydrogen-bond donors (Lipinski definition) is 2. The minimum absolute atomic E-state index is 0.0962. The number of rotatable bonds is 5. The first-order chi connectivity index (χ1) is 7.13. The van der Waals surface area contributed by atoms with Gasteiger partial charge in [0.2, 0.25) is 0 Å². The van der Waals surface area contributed by atoms with Gasteiger partial charge in [-0.2, -0.15) is 0 Å². The van der Waals surface area contributed by atoms with Crippen LogP contribution < -0.4 is 5.73 Å². The first-order valence-electron chi connectivity index (χ1n) is 5.26. The van der Waals surface area contributed by atoms with Crippen molar-refractivity contribution in [3.63, 3.8) is 0 Å². The van der Waals surface area contributed by atoms with Crippen molar-refractivity contribution in [1.29, 1.82) is 0 Å². The van der Waals surface area contributed by atoms with Gasteiger partial charge in [0.1, 0.15) is 0 Å². The maximum Gasteiger partial charge on any atom is 0.0441 e. The molecule has 0 heterocycles. The minimum atomic E-state index is 0.0962. The summed E-state index contributed by atoms with van der Waals surface area (Å²) in [6, 6.07) is 8.42. The topological polar surface area (TPSA) is 46.2 Å². The van der Waals surface area contributed by atoms with Gasteiger partial charge >= 0.3 is 0 Å². The Morgan fingerprint density at radius 3 is 2.33 bits per heavy atom. The van der Waals surface area contributed by atoms with Gasteiger partial charge in [-0.25, -0.2) is 0 Å². The average Bonchev–Trinajstić information content (AvgIpc) is 2.18. The SMILES string of the molecule is CC(CCO)Sc1ccc(C(C)N)cc1. The Hall–Kier alpha value is -0.510. The highest BCUT2D eigenvalue weighted by atomic mass is 32.2. The Morgan fingerprint density at radius 2 is 1.87 bits per heavy atom. The van der Waals surface area contributed by atoms with E-state index in [0.29, 0.717) is 5.25 Å². The molecule has 1 aromatic carbocycles. The van der Waals surface area contributed by atoms with E-state index in [0.717, 1.165) is 12.0 Å². The summed E-state index contributed by atoms with van der Waals surface area (Å²) in [4.78, 5) is 1.24. The Bertz CT molecular complexity index is 284. The second-order valence-electron chi connectivity index (χ2n) is 3.80. The molecular weight excluding hydrogens is 206 g/mol. The molecule has 84 valence electrons. The summed E-state index contributed by atoms with van der Waals surface area (Å²) in [5.74, 6) is 0. The Kier molecular flexibility index (Phi) is 5.15. The van der Waals surface area contributed by atoms with E-state index >= 15 is 0 Å². The highest BCUT2D eigenvalue weighted by molar-refractivity contribution is 7.99. The van der Waals surface area contributed by atoms with E-state index in [1.807, 2.05) is 6.92 Å². The molecule has 0 fully saturated rings. The molecule has 1 aromatic rings. The van der Waals surface area contributed by atoms with Crippen LogP contribution in [-0.2, 0) is 0 Å². The number of hydrogen-bond acceptors (Lipinski definition) is 3. The van der Waals surface area contributed by atoms with E-state index in [9.17, 15) is 0 Å². The molecule has 2 atom stereocenters. The van der Waals surface area contributed by atoms with Gasteiger partial charge in [-0.15, -0.1) is 11.8 Å². The standard InChI is InChI=1S/C12H19NOS/c1-9(7-8-14)15-12-5-3-11(4-6-12)10(2)13/h3-6,9-10,14H,7-8,13H2,1-2H3. The third kappa shape index (κ3) is 4.24. The molecule has 0 aromatic heterocycles. The molecule has 0 aliphatic rings. The maximum absolute atomic E-state index is 8.80. The monoisotopic (exact) mass is 225 g/mol. The van der Waals surface area contributed by atoms with Crippen molar-refractivity contribution in [3.05, 3.63) is 29.8 Å². The molecule has 3 heteroatoms. The third-order valence-electron chi connectivity index (χ3n) is 2.28. The van der Waals surface area contributed by atoms with Crippen LogP contribution in [0.25, 0.3) is 0 Å². The van der Waals surface area contributed by atoms with Crippen LogP contribution in [0.1, 0.15) is 31.9 Å². The van der Waals surface area contributed by atoms with Crippen molar-refractivity contribution in [2.24, 2.45) is 5.73 Å². The zero-order chi connectivity index (χ0) is 11.3. The Balaban J connectivity index is 2.56. The maximum atomic E-state index is 8.80. The summed E-state index contributed by atoms with van der Waals surface area (Å²) in [6.07, 6.45) is 0.833. The lowest BCUT2D eigenvalue weighted by Crippen LogP contribution is -2.04. The van der Waals surface area contributed by atoms with E-state index < -0.39 is 0 Å². The average molecular weight is 225 g/mol. The zero-order valence-electron chi connectivity index (χ0n) is 9.31. The lowest BCUT2D eigenvalue weighted by molar-refractivity contribution is 0.289. The molecule has 2 nitrogen and oxygen atoms in total. The van der Waals surface area contributed by atoms with Crippen molar-refractivity contribution in [3.8, 4) is 0 Å². The number of thioether (sulfide) groups is 1. The molecule has 2 unspecified atom stereocenters. The molecule has 0 amide bonds. The van der Waals surface area contributed by atoms with Crippen molar-refractivity contribution in [2.75, 3.05) is 6.61 Å². The number of aliphatic hydroxyl groups excluding tert-OH is 1. The van der Waals surface area contributed by atoms with Crippen molar-refractivity contribution < 1.29 is 5.11 Å². The van der Waals surface area contributed by atoms with E-state index in [-0.39, 0.29) is 12.6 Å². The minimum Gasteiger partial charge on any atom is -0.396 e. The highest BCUT2D eigenvalue weighted by Gasteiger charge is 2.04. The quantitative estimate of drug-likeness (QED) is 0.757. The van der Waals surface area contributed by atoms with Gasteiger partial charge in [0, 0.05) is 22.8 Å². The van der Waals surface area contributed by atoms with Gasteiger partial charge in [-0.3, -0.25) is 0 Å². The van der Waals surface area contributed by atoms with Crippen LogP contribution >= 0.6 is 11.8 Å². The number of aliphatic hydroxyl groups is 1. The summed E-state index contributed by atoms with van der Waals surface area (Å²) in [5, 5.41) is 9.26. The smallest absolute Gasteiger partial charge is 0.0441 e. The molecule has 0 saturated heterocycles. The van der Waals surface area contributed by atoms with Crippen LogP contribution in [0, 0.1) is 0 Å². The first kappa shape index (κ1) is 12.6. The van der Waals surface area contributed by atoms with Gasteiger partial charge in [-0.05, 0) is 31.0 Å². The third-order valence-corrected chi connectivity index (χ3v) is 3.46. The largest absolute Gasteiger partial charge is 0.396 e. The van der Waals surface area contributed by atoms with Crippen LogP contribution in [0.2, 0.25) is 0 Å². The van der Waals surface area contributed by atoms with Gasteiger partial charge in [0.15, 0.2) is 0 Å². The first-order valence-corrected chi connectivity index (χ1v) is 6.14. The predicted molar refractivity (Wildman–Crippen MR) is 66.1 cm³/mol. The molecule has 1 rings (SSSR count). The molecule has 0 bridgehead atoms. The van der Waals surface area contributed by atoms with E-state index in [1.165, 1.54) is 4.90 Å². The van der Waals surface area contributed by atoms with Gasteiger partial charge in [0.25, 0.3) is 0 Å². The zero-order valence-corrected chi connectivity index (χ0v) is 10.1. The molecule has 15 heavy (non-hydrogen) atoms. The van der Waals surface area contributed by atoms with Crippen LogP contribution in [0.15, 0.2) is 29.2 Å². The van der Waals surface area contributed by atoms with Crippen molar-refractivity contribution in [1.82, 2.24) is 0 Å². The molecule has 0 radical (unpaired) electrons. The Labute approximate surface area is 95.9 Å². The number of nitrogens with two attached hydrogens (primary N) is 1. The summed E-state index contributed by atoms with van der Waals surface area (Å²) >= 11 is 1.79. The van der Waals surface area contributed by atoms with Gasteiger partial charge in [0.05, 0.1) is 0 Å². The van der Waals surface area contributed by atoms with Crippen LogP contribution in [0.5, 0.6) is 0 Å². The van der Waals surface area contributed by atoms with Crippen LogP contribution in [0.4, 0.5) is 0 Å². The highest BCUT2D eigenvalue weighted by Crippen LogP contribution is 2.25. The van der Waals surface area contributed by atoms with Gasteiger partial charge in [-0.1, -0.05) is 19.1 Å². The van der Waals surface area contributed by atoms with E-state index in [1.54, 1.807) is 11.8 Å². The van der Waals surface area contributed by atoms with Crippen molar-refractivity contribution in [2.45, 2.75) is 36.5 Å². The van der Waals surface area contributed by atoms with Crippen LogP contribution in [0.3, 0.4) is 0 Å². The molecule has 0 spiro atoms. The van der Waals surface area contributed by atoms with Crippen LogP contribution in [-0.4, -0.2) is 17.0 Å². The molecule has 3 N–H and O–H groups in total. The molecule has 0 saturated carbocycles. The molecular formula is C12H19NOS. The number of benzene rings is 1. The molecule has 0 aliphatic heterocycles.